The molecule has 2 saturated heterocycles. The largest absolute Gasteiger partial charge is 0.508 e. The highest BCUT2D eigenvalue weighted by Gasteiger charge is 2.39. The molecule has 314 valence electrons. The molecule has 0 atom stereocenters. The minimum Gasteiger partial charge on any atom is -0.508 e. The summed E-state index contributed by atoms with van der Waals surface area (Å²) < 4.78 is 122. The van der Waals surface area contributed by atoms with Gasteiger partial charge in [-0.1, -0.05) is 24.3 Å². The zero-order valence-corrected chi connectivity index (χ0v) is 31.1. The Hall–Kier alpha value is -5.89. The smallest absolute Gasteiger partial charge is 0.453 e. The van der Waals surface area contributed by atoms with Gasteiger partial charge in [-0.2, -0.15) is 48.5 Å². The van der Waals surface area contributed by atoms with Gasteiger partial charge in [-0.05, 0) is 104 Å². The fourth-order valence-corrected chi connectivity index (χ4v) is 7.18. The second kappa shape index (κ2) is 16.8. The molecule has 0 bridgehead atoms. The van der Waals surface area contributed by atoms with Crippen molar-refractivity contribution in [3.05, 3.63) is 95.6 Å². The predicted octanol–water partition coefficient (Wildman–Crippen LogP) is 8.48. The van der Waals surface area contributed by atoms with E-state index in [2.05, 4.69) is 30.6 Å². The van der Waals surface area contributed by atoms with E-state index in [9.17, 15) is 44.6 Å². The van der Waals surface area contributed by atoms with Crippen LogP contribution in [-0.4, -0.2) is 83.7 Å². The van der Waals surface area contributed by atoms with E-state index in [1.807, 2.05) is 34.1 Å². The third kappa shape index (κ3) is 10.0. The maximum atomic E-state index is 13.1. The highest BCUT2D eigenvalue weighted by molar-refractivity contribution is 5.48. The van der Waals surface area contributed by atoms with E-state index in [1.54, 1.807) is 36.4 Å². The molecule has 0 unspecified atom stereocenters. The summed E-state index contributed by atoms with van der Waals surface area (Å²) >= 11 is 0. The number of phenolic OH excluding ortho intramolecular Hbond substituents is 1. The van der Waals surface area contributed by atoms with Gasteiger partial charge < -0.3 is 19.6 Å². The van der Waals surface area contributed by atoms with E-state index < -0.39 is 36.6 Å². The van der Waals surface area contributed by atoms with Crippen LogP contribution in [0.5, 0.6) is 11.5 Å². The number of ether oxygens (including phenoxy) is 1. The molecular formula is C38H37F9N10O2. The Kier molecular flexibility index (Phi) is 11.7. The van der Waals surface area contributed by atoms with Crippen LogP contribution in [0.3, 0.4) is 0 Å². The van der Waals surface area contributed by atoms with Crippen LogP contribution in [0.1, 0.15) is 73.1 Å². The number of alkyl halides is 9. The molecule has 0 aliphatic carbocycles. The van der Waals surface area contributed by atoms with Crippen molar-refractivity contribution < 1.29 is 49.4 Å². The average Bonchev–Trinajstić information content (AvgIpc) is 3.85. The lowest BCUT2D eigenvalue weighted by atomic mass is 9.89. The summed E-state index contributed by atoms with van der Waals surface area (Å²) in [6.45, 7) is 2.60. The fraction of sp³-hybridized carbons (Fsp3) is 0.421. The number of fused-ring (bicyclic) bond motifs is 2. The van der Waals surface area contributed by atoms with Crippen LogP contribution < -0.4 is 14.5 Å². The van der Waals surface area contributed by atoms with Gasteiger partial charge in [-0.3, -0.25) is 0 Å². The van der Waals surface area contributed by atoms with E-state index in [0.717, 1.165) is 45.8 Å². The Bertz CT molecular complexity index is 2310. The normalized spacial score (nSPS) is 16.1. The van der Waals surface area contributed by atoms with Crippen molar-refractivity contribution in [1.82, 2.24) is 39.6 Å². The molecule has 59 heavy (non-hydrogen) atoms. The van der Waals surface area contributed by atoms with Gasteiger partial charge in [-0.15, -0.1) is 30.6 Å². The Morgan fingerprint density at radius 1 is 0.559 bits per heavy atom. The van der Waals surface area contributed by atoms with Crippen molar-refractivity contribution in [3.8, 4) is 11.5 Å². The SMILES string of the molecule is FC(F)(F)CCCOc1ccc(C2CCN(c3ccc4nnc(C(F)(F)F)n4n3)CC2)cc1.Oc1ccc(C2CCN(c3ccc4nnc(C(F)(F)F)n4n3)CC2)cc1. The van der Waals surface area contributed by atoms with Crippen molar-refractivity contribution >= 4 is 22.9 Å². The van der Waals surface area contributed by atoms with Gasteiger partial charge in [0, 0.05) is 32.6 Å². The number of benzene rings is 2. The Balaban J connectivity index is 0.000000184. The minimum atomic E-state index is -4.65. The lowest BCUT2D eigenvalue weighted by Crippen LogP contribution is -2.34. The molecule has 0 spiro atoms. The highest BCUT2D eigenvalue weighted by atomic mass is 19.4. The summed E-state index contributed by atoms with van der Waals surface area (Å²) in [5.74, 6) is -0.00593. The van der Waals surface area contributed by atoms with E-state index in [4.69, 9.17) is 4.74 Å². The van der Waals surface area contributed by atoms with Gasteiger partial charge >= 0.3 is 18.5 Å². The first-order valence-electron chi connectivity index (χ1n) is 18.7. The fourth-order valence-electron chi connectivity index (χ4n) is 7.18. The number of nitrogens with zero attached hydrogens (tertiary/aromatic N) is 10. The first kappa shape index (κ1) is 41.3. The van der Waals surface area contributed by atoms with Gasteiger partial charge in [0.05, 0.1) is 6.61 Å². The molecule has 0 amide bonds. The monoisotopic (exact) mass is 836 g/mol. The molecule has 21 heteroatoms. The third-order valence-electron chi connectivity index (χ3n) is 10.2. The number of piperidine rings is 2. The number of aromatic hydroxyl groups is 1. The quantitative estimate of drug-likeness (QED) is 0.118. The van der Waals surface area contributed by atoms with Gasteiger partial charge in [0.2, 0.25) is 0 Å². The third-order valence-corrected chi connectivity index (χ3v) is 10.2. The number of hydrogen-bond acceptors (Lipinski definition) is 10. The van der Waals surface area contributed by atoms with Gasteiger partial charge in [0.25, 0.3) is 11.6 Å². The Morgan fingerprint density at radius 3 is 1.39 bits per heavy atom. The molecule has 2 fully saturated rings. The van der Waals surface area contributed by atoms with E-state index in [-0.39, 0.29) is 36.0 Å². The maximum Gasteiger partial charge on any atom is 0.453 e. The van der Waals surface area contributed by atoms with Crippen LogP contribution in [0.2, 0.25) is 0 Å². The Morgan fingerprint density at radius 2 is 0.983 bits per heavy atom. The first-order valence-corrected chi connectivity index (χ1v) is 18.7. The summed E-state index contributed by atoms with van der Waals surface area (Å²) in [6.07, 6.45) is -11.1. The van der Waals surface area contributed by atoms with Gasteiger partial charge in [0.15, 0.2) is 11.3 Å². The molecule has 6 aromatic rings. The zero-order valence-electron chi connectivity index (χ0n) is 31.1. The van der Waals surface area contributed by atoms with Crippen molar-refractivity contribution in [2.75, 3.05) is 42.6 Å². The van der Waals surface area contributed by atoms with E-state index in [1.165, 1.54) is 12.1 Å². The Labute approximate surface area is 330 Å². The number of hydrogen-bond donors (Lipinski definition) is 1. The molecule has 2 aliphatic heterocycles. The lowest BCUT2D eigenvalue weighted by Gasteiger charge is -2.33. The summed E-state index contributed by atoms with van der Waals surface area (Å²) in [7, 11) is 0. The molecule has 2 aliphatic rings. The highest BCUT2D eigenvalue weighted by Crippen LogP contribution is 2.34. The summed E-state index contributed by atoms with van der Waals surface area (Å²) in [6, 6.07) is 20.7. The van der Waals surface area contributed by atoms with Gasteiger partial charge in [-0.25, -0.2) is 0 Å². The molecule has 0 saturated carbocycles. The number of halogens is 9. The number of rotatable bonds is 8. The number of anilines is 2. The first-order chi connectivity index (χ1) is 28.0. The topological polar surface area (TPSA) is 122 Å². The minimum absolute atomic E-state index is 0.00290. The van der Waals surface area contributed by atoms with E-state index in [0.29, 0.717) is 49.5 Å². The molecule has 2 aromatic carbocycles. The molecule has 6 heterocycles. The van der Waals surface area contributed by atoms with Crippen LogP contribution in [0.15, 0.2) is 72.8 Å². The molecule has 1 N–H and O–H groups in total. The van der Waals surface area contributed by atoms with Crippen molar-refractivity contribution in [2.45, 2.75) is 68.9 Å². The van der Waals surface area contributed by atoms with Crippen molar-refractivity contribution in [1.29, 1.82) is 0 Å². The standard InChI is InChI=1S/C21H21F6N5O.C17H16F3N5O/c22-20(23,24)10-1-13-33-16-4-2-14(3-5-16)15-8-11-31(12-9-15)18-7-6-17-28-29-19(21(25,26)27)32(17)30-18;18-17(19,20)16-22-21-14-5-6-15(23-25(14)16)24-9-7-12(8-10-24)11-1-3-13(26)4-2-11/h2-7,15H,1,8-13H2;1-6,12,26H,7-10H2. The van der Waals surface area contributed by atoms with Crippen LogP contribution in [0, 0.1) is 0 Å². The lowest BCUT2D eigenvalue weighted by molar-refractivity contribution is -0.147. The zero-order chi connectivity index (χ0) is 42.0. The van der Waals surface area contributed by atoms with Crippen LogP contribution in [-0.2, 0) is 12.4 Å². The second-order valence-corrected chi connectivity index (χ2v) is 14.2. The molecule has 4 aromatic heterocycles. The summed E-state index contributed by atoms with van der Waals surface area (Å²) in [5, 5.41) is 31.0. The molecular weight excluding hydrogens is 799 g/mol. The summed E-state index contributed by atoms with van der Waals surface area (Å²) in [5.41, 5.74) is 2.34. The van der Waals surface area contributed by atoms with Crippen LogP contribution in [0.4, 0.5) is 51.1 Å². The molecule has 0 radical (unpaired) electrons. The van der Waals surface area contributed by atoms with Gasteiger partial charge in [0.1, 0.15) is 23.1 Å². The van der Waals surface area contributed by atoms with E-state index >= 15 is 0 Å². The predicted molar refractivity (Wildman–Crippen MR) is 195 cm³/mol. The van der Waals surface area contributed by atoms with Crippen LogP contribution in [0.25, 0.3) is 11.3 Å². The number of aromatic nitrogens is 8. The summed E-state index contributed by atoms with van der Waals surface area (Å²) in [4.78, 5) is 3.89. The molecule has 8 rings (SSSR count). The van der Waals surface area contributed by atoms with Crippen molar-refractivity contribution in [3.63, 3.8) is 0 Å². The number of phenols is 1. The second-order valence-electron chi connectivity index (χ2n) is 14.2. The van der Waals surface area contributed by atoms with Crippen molar-refractivity contribution in [2.24, 2.45) is 0 Å². The maximum absolute atomic E-state index is 13.1. The van der Waals surface area contributed by atoms with Crippen LogP contribution >= 0.6 is 0 Å². The molecule has 12 nitrogen and oxygen atoms in total. The average molecular weight is 837 g/mol.